The minimum absolute atomic E-state index is 0.0131. The van der Waals surface area contributed by atoms with Crippen molar-refractivity contribution < 1.29 is 14.3 Å². The maximum Gasteiger partial charge on any atom is 0.244 e. The summed E-state index contributed by atoms with van der Waals surface area (Å²) in [6, 6.07) is 13.4. The zero-order valence-corrected chi connectivity index (χ0v) is 15.1. The molecule has 0 aliphatic heterocycles. The molecule has 0 aliphatic rings. The van der Waals surface area contributed by atoms with E-state index in [1.807, 2.05) is 50.2 Å². The Bertz CT molecular complexity index is 771. The molecule has 0 aromatic heterocycles. The van der Waals surface area contributed by atoms with Gasteiger partial charge >= 0.3 is 0 Å². The number of rotatable bonds is 6. The minimum atomic E-state index is -0.257. The van der Waals surface area contributed by atoms with E-state index >= 15 is 0 Å². The number of ether oxygens (including phenoxy) is 1. The third-order valence-corrected chi connectivity index (χ3v) is 4.03. The fourth-order valence-electron chi connectivity index (χ4n) is 2.55. The van der Waals surface area contributed by atoms with Crippen LogP contribution in [-0.4, -0.2) is 30.4 Å². The summed E-state index contributed by atoms with van der Waals surface area (Å²) < 4.78 is 5.27. The lowest BCUT2D eigenvalue weighted by Crippen LogP contribution is -2.36. The first-order valence-corrected chi connectivity index (χ1v) is 8.15. The Morgan fingerprint density at radius 2 is 1.84 bits per heavy atom. The van der Waals surface area contributed by atoms with E-state index in [1.54, 1.807) is 13.2 Å². The molecule has 0 heterocycles. The standard InChI is InChI=1S/C20H24N2O3/c1-14-9-10-19(25-4)18(11-14)21-20(24)13-22(16(3)23)12-17-8-6-5-7-15(17)2/h5-11H,12-13H2,1-4H3,(H,21,24). The number of carbonyl (C=O) groups excluding carboxylic acids is 2. The van der Waals surface area contributed by atoms with Gasteiger partial charge in [0.2, 0.25) is 11.8 Å². The molecule has 0 spiro atoms. The molecule has 1 N–H and O–H groups in total. The molecule has 132 valence electrons. The van der Waals surface area contributed by atoms with Gasteiger partial charge < -0.3 is 15.0 Å². The highest BCUT2D eigenvalue weighted by Crippen LogP contribution is 2.25. The van der Waals surface area contributed by atoms with Crippen LogP contribution in [0.1, 0.15) is 23.6 Å². The van der Waals surface area contributed by atoms with E-state index in [2.05, 4.69) is 5.32 Å². The second-order valence-corrected chi connectivity index (χ2v) is 6.05. The van der Waals surface area contributed by atoms with Crippen LogP contribution < -0.4 is 10.1 Å². The van der Waals surface area contributed by atoms with E-state index in [0.717, 1.165) is 16.7 Å². The maximum atomic E-state index is 12.4. The third kappa shape index (κ3) is 5.08. The van der Waals surface area contributed by atoms with Gasteiger partial charge in [-0.05, 0) is 42.7 Å². The number of methoxy groups -OCH3 is 1. The van der Waals surface area contributed by atoms with Crippen LogP contribution in [0.3, 0.4) is 0 Å². The van der Waals surface area contributed by atoms with Crippen LogP contribution in [0, 0.1) is 13.8 Å². The Balaban J connectivity index is 2.09. The summed E-state index contributed by atoms with van der Waals surface area (Å²) in [5.74, 6) is 0.189. The summed E-state index contributed by atoms with van der Waals surface area (Å²) >= 11 is 0. The lowest BCUT2D eigenvalue weighted by atomic mass is 10.1. The number of amides is 2. The van der Waals surface area contributed by atoms with E-state index < -0.39 is 0 Å². The normalized spacial score (nSPS) is 10.2. The third-order valence-electron chi connectivity index (χ3n) is 4.03. The number of benzene rings is 2. The molecule has 2 amide bonds. The van der Waals surface area contributed by atoms with Crippen LogP contribution in [0.4, 0.5) is 5.69 Å². The number of carbonyl (C=O) groups is 2. The van der Waals surface area contributed by atoms with E-state index in [9.17, 15) is 9.59 Å². The molecule has 25 heavy (non-hydrogen) atoms. The molecule has 5 nitrogen and oxygen atoms in total. The first-order chi connectivity index (χ1) is 11.9. The van der Waals surface area contributed by atoms with Crippen LogP contribution in [0.5, 0.6) is 5.75 Å². The average Bonchev–Trinajstić information content (AvgIpc) is 2.56. The lowest BCUT2D eigenvalue weighted by molar-refractivity contribution is -0.133. The predicted octanol–water partition coefficient (Wildman–Crippen LogP) is 3.30. The number of hydrogen-bond donors (Lipinski definition) is 1. The van der Waals surface area contributed by atoms with Crippen molar-refractivity contribution in [3.8, 4) is 5.75 Å². The zero-order valence-electron chi connectivity index (χ0n) is 15.1. The molecule has 2 aromatic carbocycles. The van der Waals surface area contributed by atoms with E-state index in [0.29, 0.717) is 18.0 Å². The SMILES string of the molecule is COc1ccc(C)cc1NC(=O)CN(Cc1ccccc1C)C(C)=O. The van der Waals surface area contributed by atoms with Crippen molar-refractivity contribution in [2.75, 3.05) is 19.0 Å². The highest BCUT2D eigenvalue weighted by Gasteiger charge is 2.16. The summed E-state index contributed by atoms with van der Waals surface area (Å²) in [5, 5.41) is 2.83. The molecule has 0 aliphatic carbocycles. The smallest absolute Gasteiger partial charge is 0.244 e. The fourth-order valence-corrected chi connectivity index (χ4v) is 2.55. The highest BCUT2D eigenvalue weighted by atomic mass is 16.5. The van der Waals surface area contributed by atoms with Crippen LogP contribution in [0.15, 0.2) is 42.5 Å². The van der Waals surface area contributed by atoms with E-state index in [-0.39, 0.29) is 18.4 Å². The van der Waals surface area contributed by atoms with Crippen LogP contribution >= 0.6 is 0 Å². The van der Waals surface area contributed by atoms with Crippen molar-refractivity contribution in [1.29, 1.82) is 0 Å². The van der Waals surface area contributed by atoms with E-state index in [4.69, 9.17) is 4.74 Å². The number of nitrogens with zero attached hydrogens (tertiary/aromatic N) is 1. The molecular weight excluding hydrogens is 316 g/mol. The van der Waals surface area contributed by atoms with Gasteiger partial charge in [0.15, 0.2) is 0 Å². The molecule has 0 saturated heterocycles. The van der Waals surface area contributed by atoms with Crippen LogP contribution in [-0.2, 0) is 16.1 Å². The van der Waals surface area contributed by atoms with Gasteiger partial charge in [-0.25, -0.2) is 0 Å². The number of hydrogen-bond acceptors (Lipinski definition) is 3. The molecular formula is C20H24N2O3. The van der Waals surface area contributed by atoms with E-state index in [1.165, 1.54) is 11.8 Å². The van der Waals surface area contributed by atoms with Gasteiger partial charge in [0.1, 0.15) is 12.3 Å². The Hall–Kier alpha value is -2.82. The summed E-state index contributed by atoms with van der Waals surface area (Å²) in [7, 11) is 1.56. The molecule has 0 saturated carbocycles. The molecule has 0 fully saturated rings. The second kappa shape index (κ2) is 8.33. The van der Waals surface area contributed by atoms with Gasteiger partial charge in [0, 0.05) is 13.5 Å². The van der Waals surface area contributed by atoms with Gasteiger partial charge in [-0.2, -0.15) is 0 Å². The molecule has 0 unspecified atom stereocenters. The highest BCUT2D eigenvalue weighted by molar-refractivity contribution is 5.95. The first-order valence-electron chi connectivity index (χ1n) is 8.15. The Morgan fingerprint density at radius 3 is 2.48 bits per heavy atom. The Morgan fingerprint density at radius 1 is 1.12 bits per heavy atom. The lowest BCUT2D eigenvalue weighted by Gasteiger charge is -2.22. The molecule has 5 heteroatoms. The largest absolute Gasteiger partial charge is 0.495 e. The van der Waals surface area contributed by atoms with Gasteiger partial charge in [-0.15, -0.1) is 0 Å². The number of aryl methyl sites for hydroxylation is 2. The van der Waals surface area contributed by atoms with Gasteiger partial charge in [0.25, 0.3) is 0 Å². The number of anilines is 1. The quantitative estimate of drug-likeness (QED) is 0.878. The first kappa shape index (κ1) is 18.5. The van der Waals surface area contributed by atoms with Crippen molar-refractivity contribution >= 4 is 17.5 Å². The van der Waals surface area contributed by atoms with Crippen molar-refractivity contribution in [2.24, 2.45) is 0 Å². The van der Waals surface area contributed by atoms with Crippen molar-refractivity contribution in [2.45, 2.75) is 27.3 Å². The van der Waals surface area contributed by atoms with Gasteiger partial charge in [0.05, 0.1) is 12.8 Å². The predicted molar refractivity (Wildman–Crippen MR) is 98.6 cm³/mol. The van der Waals surface area contributed by atoms with Crippen LogP contribution in [0.2, 0.25) is 0 Å². The summed E-state index contributed by atoms with van der Waals surface area (Å²) in [6.07, 6.45) is 0. The second-order valence-electron chi connectivity index (χ2n) is 6.05. The topological polar surface area (TPSA) is 58.6 Å². The molecule has 0 atom stereocenters. The number of nitrogens with one attached hydrogen (secondary N) is 1. The van der Waals surface area contributed by atoms with Gasteiger partial charge in [-0.3, -0.25) is 9.59 Å². The molecule has 0 radical (unpaired) electrons. The molecule has 2 rings (SSSR count). The summed E-state index contributed by atoms with van der Waals surface area (Å²) in [4.78, 5) is 25.9. The van der Waals surface area contributed by atoms with Crippen molar-refractivity contribution in [3.05, 3.63) is 59.2 Å². The monoisotopic (exact) mass is 340 g/mol. The Kier molecular flexibility index (Phi) is 6.17. The Labute approximate surface area is 148 Å². The average molecular weight is 340 g/mol. The summed E-state index contributed by atoms with van der Waals surface area (Å²) in [6.45, 7) is 5.79. The maximum absolute atomic E-state index is 12.4. The van der Waals surface area contributed by atoms with Crippen molar-refractivity contribution in [3.63, 3.8) is 0 Å². The zero-order chi connectivity index (χ0) is 18.4. The fraction of sp³-hybridized carbons (Fsp3) is 0.300. The minimum Gasteiger partial charge on any atom is -0.495 e. The molecule has 2 aromatic rings. The van der Waals surface area contributed by atoms with Crippen LogP contribution in [0.25, 0.3) is 0 Å². The van der Waals surface area contributed by atoms with Gasteiger partial charge in [-0.1, -0.05) is 30.3 Å². The molecule has 0 bridgehead atoms. The van der Waals surface area contributed by atoms with Crippen molar-refractivity contribution in [1.82, 2.24) is 4.90 Å². The summed E-state index contributed by atoms with van der Waals surface area (Å²) in [5.41, 5.74) is 3.74.